The first-order valence-electron chi connectivity index (χ1n) is 7.14. The summed E-state index contributed by atoms with van der Waals surface area (Å²) in [6.07, 6.45) is -0.123. The first-order chi connectivity index (χ1) is 10.5. The summed E-state index contributed by atoms with van der Waals surface area (Å²) in [5.74, 6) is -1.23. The number of fused-ring (bicyclic) bond motifs is 1. The van der Waals surface area contributed by atoms with E-state index in [1.165, 1.54) is 22.5 Å². The fourth-order valence-electron chi connectivity index (χ4n) is 2.88. The van der Waals surface area contributed by atoms with E-state index >= 15 is 0 Å². The standard InChI is InChI=1S/C14H17FN2O4S/c15-11-3-1-2-4-13(11)22(19,20)17-7-5-10-12(9-17)21-8-6-16-14(10)18/h1-4,10,12H,5-9H2,(H,16,18)/t10-,12+/m1/s1. The van der Waals surface area contributed by atoms with Gasteiger partial charge < -0.3 is 10.1 Å². The van der Waals surface area contributed by atoms with E-state index in [0.717, 1.165) is 6.07 Å². The van der Waals surface area contributed by atoms with Gasteiger partial charge in [-0.25, -0.2) is 12.8 Å². The Morgan fingerprint density at radius 3 is 2.86 bits per heavy atom. The van der Waals surface area contributed by atoms with Crippen molar-refractivity contribution in [3.8, 4) is 0 Å². The minimum Gasteiger partial charge on any atom is -0.374 e. The molecule has 1 amide bonds. The van der Waals surface area contributed by atoms with E-state index in [2.05, 4.69) is 5.32 Å². The third-order valence-electron chi connectivity index (χ3n) is 4.05. The van der Waals surface area contributed by atoms with Gasteiger partial charge in [-0.05, 0) is 18.6 Å². The molecule has 2 aliphatic rings. The van der Waals surface area contributed by atoms with Crippen LogP contribution in [0.5, 0.6) is 0 Å². The second kappa shape index (κ2) is 5.94. The molecule has 1 N–H and O–H groups in total. The number of nitrogens with zero attached hydrogens (tertiary/aromatic N) is 1. The van der Waals surface area contributed by atoms with Crippen molar-refractivity contribution < 1.29 is 22.3 Å². The highest BCUT2D eigenvalue weighted by Crippen LogP contribution is 2.27. The number of carbonyl (C=O) groups is 1. The quantitative estimate of drug-likeness (QED) is 0.850. The Balaban J connectivity index is 1.85. The van der Waals surface area contributed by atoms with E-state index in [4.69, 9.17) is 4.74 Å². The highest BCUT2D eigenvalue weighted by atomic mass is 32.2. The van der Waals surface area contributed by atoms with Gasteiger partial charge in [-0.3, -0.25) is 4.79 Å². The lowest BCUT2D eigenvalue weighted by atomic mass is 9.94. The molecule has 8 heteroatoms. The normalized spacial score (nSPS) is 26.9. The smallest absolute Gasteiger partial charge is 0.246 e. The third kappa shape index (κ3) is 2.73. The van der Waals surface area contributed by atoms with Gasteiger partial charge in [-0.2, -0.15) is 4.31 Å². The van der Waals surface area contributed by atoms with Crippen LogP contribution in [-0.2, 0) is 19.6 Å². The molecule has 0 aromatic heterocycles. The van der Waals surface area contributed by atoms with Crippen LogP contribution in [0.3, 0.4) is 0 Å². The molecule has 2 saturated heterocycles. The van der Waals surface area contributed by atoms with Gasteiger partial charge in [0.1, 0.15) is 10.7 Å². The molecule has 3 rings (SSSR count). The third-order valence-corrected chi connectivity index (χ3v) is 5.94. The molecule has 0 bridgehead atoms. The Bertz CT molecular complexity index is 679. The summed E-state index contributed by atoms with van der Waals surface area (Å²) in [6, 6.07) is 5.30. The summed E-state index contributed by atoms with van der Waals surface area (Å²) >= 11 is 0. The lowest BCUT2D eigenvalue weighted by molar-refractivity contribution is -0.129. The number of hydrogen-bond acceptors (Lipinski definition) is 4. The van der Waals surface area contributed by atoms with Crippen LogP contribution in [0, 0.1) is 11.7 Å². The lowest BCUT2D eigenvalue weighted by Crippen LogP contribution is -2.50. The minimum absolute atomic E-state index is 0.0642. The number of piperidine rings is 1. The van der Waals surface area contributed by atoms with E-state index in [1.54, 1.807) is 0 Å². The summed E-state index contributed by atoms with van der Waals surface area (Å²) in [5.41, 5.74) is 0. The van der Waals surface area contributed by atoms with Crippen molar-refractivity contribution >= 4 is 15.9 Å². The molecule has 2 heterocycles. The predicted molar refractivity (Wildman–Crippen MR) is 76.0 cm³/mol. The maximum absolute atomic E-state index is 13.8. The molecular weight excluding hydrogens is 311 g/mol. The van der Waals surface area contributed by atoms with Crippen LogP contribution in [0.15, 0.2) is 29.2 Å². The van der Waals surface area contributed by atoms with Crippen LogP contribution in [0.2, 0.25) is 0 Å². The highest BCUT2D eigenvalue weighted by molar-refractivity contribution is 7.89. The maximum Gasteiger partial charge on any atom is 0.246 e. The highest BCUT2D eigenvalue weighted by Gasteiger charge is 2.40. The van der Waals surface area contributed by atoms with Crippen molar-refractivity contribution in [2.24, 2.45) is 5.92 Å². The van der Waals surface area contributed by atoms with Crippen molar-refractivity contribution in [3.63, 3.8) is 0 Å². The van der Waals surface area contributed by atoms with Crippen molar-refractivity contribution in [1.29, 1.82) is 0 Å². The summed E-state index contributed by atoms with van der Waals surface area (Å²) < 4.78 is 45.7. The number of amides is 1. The number of hydrogen-bond donors (Lipinski definition) is 1. The molecule has 1 aromatic carbocycles. The van der Waals surface area contributed by atoms with Gasteiger partial charge in [0, 0.05) is 19.6 Å². The molecule has 2 aliphatic heterocycles. The van der Waals surface area contributed by atoms with Crippen LogP contribution < -0.4 is 5.32 Å². The SMILES string of the molecule is O=C1NCCO[C@H]2CN(S(=O)(=O)c3ccccc3F)CC[C@@H]12. The molecule has 22 heavy (non-hydrogen) atoms. The van der Waals surface area contributed by atoms with Gasteiger partial charge in [0.2, 0.25) is 15.9 Å². The zero-order valence-corrected chi connectivity index (χ0v) is 12.7. The van der Waals surface area contributed by atoms with E-state index in [9.17, 15) is 17.6 Å². The van der Waals surface area contributed by atoms with Gasteiger partial charge in [0.15, 0.2) is 0 Å². The molecule has 6 nitrogen and oxygen atoms in total. The summed E-state index contributed by atoms with van der Waals surface area (Å²) in [4.78, 5) is 11.6. The number of ether oxygens (including phenoxy) is 1. The molecule has 0 spiro atoms. The summed E-state index contributed by atoms with van der Waals surface area (Å²) in [6.45, 7) is 1.01. The van der Waals surface area contributed by atoms with Crippen molar-refractivity contribution in [1.82, 2.24) is 9.62 Å². The molecule has 0 saturated carbocycles. The summed E-state index contributed by atoms with van der Waals surface area (Å²) in [5, 5.41) is 2.75. The number of rotatable bonds is 2. The lowest BCUT2D eigenvalue weighted by Gasteiger charge is -2.35. The van der Waals surface area contributed by atoms with Crippen LogP contribution in [0.1, 0.15) is 6.42 Å². The Morgan fingerprint density at radius 1 is 1.32 bits per heavy atom. The number of nitrogens with one attached hydrogen (secondary N) is 1. The number of halogens is 1. The molecular formula is C14H17FN2O4S. The molecule has 2 atom stereocenters. The largest absolute Gasteiger partial charge is 0.374 e. The summed E-state index contributed by atoms with van der Waals surface area (Å²) in [7, 11) is -3.93. The minimum atomic E-state index is -3.93. The molecule has 2 fully saturated rings. The molecule has 1 aromatic rings. The predicted octanol–water partition coefficient (Wildman–Crippen LogP) is 0.351. The Morgan fingerprint density at radius 2 is 2.09 bits per heavy atom. The molecule has 0 aliphatic carbocycles. The van der Waals surface area contributed by atoms with Crippen molar-refractivity contribution in [2.75, 3.05) is 26.2 Å². The van der Waals surface area contributed by atoms with Crippen molar-refractivity contribution in [3.05, 3.63) is 30.1 Å². The van der Waals surface area contributed by atoms with Gasteiger partial charge in [0.25, 0.3) is 0 Å². The van der Waals surface area contributed by atoms with Gasteiger partial charge in [-0.15, -0.1) is 0 Å². The van der Waals surface area contributed by atoms with Gasteiger partial charge in [0.05, 0.1) is 18.6 Å². The number of sulfonamides is 1. The Kier molecular flexibility index (Phi) is 4.16. The van der Waals surface area contributed by atoms with Crippen LogP contribution >= 0.6 is 0 Å². The first-order valence-corrected chi connectivity index (χ1v) is 8.58. The van der Waals surface area contributed by atoms with Gasteiger partial charge in [-0.1, -0.05) is 12.1 Å². The van der Waals surface area contributed by atoms with E-state index < -0.39 is 21.9 Å². The van der Waals surface area contributed by atoms with Gasteiger partial charge >= 0.3 is 0 Å². The number of carbonyl (C=O) groups excluding carboxylic acids is 1. The second-order valence-electron chi connectivity index (χ2n) is 5.39. The Hall–Kier alpha value is -1.51. The molecule has 0 radical (unpaired) electrons. The van der Waals surface area contributed by atoms with E-state index in [1.807, 2.05) is 0 Å². The van der Waals surface area contributed by atoms with Crippen molar-refractivity contribution in [2.45, 2.75) is 17.4 Å². The molecule has 120 valence electrons. The second-order valence-corrected chi connectivity index (χ2v) is 7.30. The topological polar surface area (TPSA) is 75.7 Å². The van der Waals surface area contributed by atoms with Crippen LogP contribution in [0.25, 0.3) is 0 Å². The number of benzene rings is 1. The Labute approximate surface area is 128 Å². The fraction of sp³-hybridized carbons (Fsp3) is 0.500. The molecule has 0 unspecified atom stereocenters. The first kappa shape index (κ1) is 15.4. The van der Waals surface area contributed by atoms with E-state index in [-0.39, 0.29) is 29.8 Å². The van der Waals surface area contributed by atoms with Crippen LogP contribution in [-0.4, -0.2) is 51.0 Å². The average Bonchev–Trinajstić information content (AvgIpc) is 2.69. The van der Waals surface area contributed by atoms with Crippen LogP contribution in [0.4, 0.5) is 4.39 Å². The van der Waals surface area contributed by atoms with E-state index in [0.29, 0.717) is 19.6 Å². The average molecular weight is 328 g/mol. The zero-order valence-electron chi connectivity index (χ0n) is 11.9. The zero-order chi connectivity index (χ0) is 15.7. The fourth-order valence-corrected chi connectivity index (χ4v) is 4.42. The maximum atomic E-state index is 13.8. The monoisotopic (exact) mass is 328 g/mol.